The summed E-state index contributed by atoms with van der Waals surface area (Å²) in [5, 5.41) is 15.3. The summed E-state index contributed by atoms with van der Waals surface area (Å²) in [5.74, 6) is 0.418. The molecule has 0 spiro atoms. The lowest BCUT2D eigenvalue weighted by molar-refractivity contribution is -0.134. The summed E-state index contributed by atoms with van der Waals surface area (Å²) >= 11 is 5.97. The summed E-state index contributed by atoms with van der Waals surface area (Å²) in [7, 11) is 0. The number of carbonyl (C=O) groups is 1. The van der Waals surface area contributed by atoms with Gasteiger partial charge in [-0.15, -0.1) is 0 Å². The van der Waals surface area contributed by atoms with Gasteiger partial charge in [-0.05, 0) is 31.0 Å². The second kappa shape index (κ2) is 6.19. The van der Waals surface area contributed by atoms with E-state index in [1.807, 2.05) is 18.2 Å². The zero-order valence-corrected chi connectivity index (χ0v) is 12.5. The Morgan fingerprint density at radius 3 is 2.82 bits per heavy atom. The largest absolute Gasteiger partial charge is 0.480 e. The Morgan fingerprint density at radius 2 is 2.14 bits per heavy atom. The van der Waals surface area contributed by atoms with Gasteiger partial charge in [0.25, 0.3) is 0 Å². The van der Waals surface area contributed by atoms with E-state index in [1.54, 1.807) is 12.1 Å². The molecule has 0 saturated heterocycles. The maximum absolute atomic E-state index is 10.7. The molecule has 0 radical (unpaired) electrons. The number of nitrogens with zero attached hydrogens (tertiary/aromatic N) is 2. The van der Waals surface area contributed by atoms with E-state index in [9.17, 15) is 4.79 Å². The molecule has 3 N–H and O–H groups in total. The third-order valence-corrected chi connectivity index (χ3v) is 3.47. The van der Waals surface area contributed by atoms with Crippen molar-refractivity contribution in [1.29, 1.82) is 0 Å². The van der Waals surface area contributed by atoms with Gasteiger partial charge in [0.2, 0.25) is 5.95 Å². The van der Waals surface area contributed by atoms with Gasteiger partial charge in [0.1, 0.15) is 12.4 Å². The van der Waals surface area contributed by atoms with E-state index in [1.165, 1.54) is 0 Å². The fourth-order valence-corrected chi connectivity index (χ4v) is 2.26. The van der Waals surface area contributed by atoms with Gasteiger partial charge in [-0.3, -0.25) is 4.79 Å². The van der Waals surface area contributed by atoms with Crippen LogP contribution in [0.25, 0.3) is 0 Å². The van der Waals surface area contributed by atoms with E-state index in [2.05, 4.69) is 20.6 Å². The van der Waals surface area contributed by atoms with E-state index < -0.39 is 5.97 Å². The zero-order chi connectivity index (χ0) is 15.5. The summed E-state index contributed by atoms with van der Waals surface area (Å²) in [4.78, 5) is 19.3. The predicted molar refractivity (Wildman–Crippen MR) is 84.9 cm³/mol. The molecule has 0 amide bonds. The molecule has 0 atom stereocenters. The molecule has 6 nitrogen and oxygen atoms in total. The Hall–Kier alpha value is -2.34. The highest BCUT2D eigenvalue weighted by atomic mass is 35.5. The van der Waals surface area contributed by atoms with Crippen LogP contribution in [0, 0.1) is 0 Å². The van der Waals surface area contributed by atoms with Crippen LogP contribution in [0.2, 0.25) is 5.02 Å². The molecule has 22 heavy (non-hydrogen) atoms. The Kier molecular flexibility index (Phi) is 4.11. The minimum Gasteiger partial charge on any atom is -0.480 e. The van der Waals surface area contributed by atoms with Crippen LogP contribution in [0.3, 0.4) is 0 Å². The summed E-state index contributed by atoms with van der Waals surface area (Å²) < 4.78 is 0. The standard InChI is InChI=1S/C15H15ClN4O2/c16-10-2-1-3-11(6-10)18-13-7-12(9-4-5-9)19-15(20-13)17-8-14(21)22/h1-3,6-7,9H,4-5,8H2,(H,21,22)(H2,17,18,19,20). The quantitative estimate of drug-likeness (QED) is 0.758. The van der Waals surface area contributed by atoms with Crippen molar-refractivity contribution in [3.8, 4) is 0 Å². The molecule has 1 aromatic carbocycles. The molecule has 0 unspecified atom stereocenters. The molecule has 3 rings (SSSR count). The van der Waals surface area contributed by atoms with E-state index in [-0.39, 0.29) is 6.54 Å². The summed E-state index contributed by atoms with van der Waals surface area (Å²) in [5.41, 5.74) is 1.74. The van der Waals surface area contributed by atoms with Crippen LogP contribution in [0.15, 0.2) is 30.3 Å². The van der Waals surface area contributed by atoms with Gasteiger partial charge in [0.15, 0.2) is 0 Å². The predicted octanol–water partition coefficient (Wildman–Crippen LogP) is 3.25. The summed E-state index contributed by atoms with van der Waals surface area (Å²) in [6.07, 6.45) is 2.21. The lowest BCUT2D eigenvalue weighted by Crippen LogP contribution is -2.15. The number of rotatable bonds is 6. The number of hydrogen-bond acceptors (Lipinski definition) is 5. The number of aliphatic carboxylic acids is 1. The fourth-order valence-electron chi connectivity index (χ4n) is 2.07. The third-order valence-electron chi connectivity index (χ3n) is 3.24. The molecule has 114 valence electrons. The molecular formula is C15H15ClN4O2. The number of carboxylic acids is 1. The summed E-state index contributed by atoms with van der Waals surface area (Å²) in [6.45, 7) is -0.218. The number of halogens is 1. The maximum atomic E-state index is 10.7. The molecule has 7 heteroatoms. The monoisotopic (exact) mass is 318 g/mol. The SMILES string of the molecule is O=C(O)CNc1nc(Nc2cccc(Cl)c2)cc(C2CC2)n1. The Balaban J connectivity index is 1.83. The summed E-state index contributed by atoms with van der Waals surface area (Å²) in [6, 6.07) is 9.21. The molecule has 1 aliphatic carbocycles. The number of nitrogens with one attached hydrogen (secondary N) is 2. The molecule has 1 aliphatic rings. The third kappa shape index (κ3) is 3.85. The molecule has 1 saturated carbocycles. The van der Waals surface area contributed by atoms with Crippen LogP contribution in [-0.2, 0) is 4.79 Å². The first-order valence-corrected chi connectivity index (χ1v) is 7.35. The Labute approximate surface area is 132 Å². The highest BCUT2D eigenvalue weighted by Gasteiger charge is 2.26. The van der Waals surface area contributed by atoms with Crippen LogP contribution >= 0.6 is 11.6 Å². The van der Waals surface area contributed by atoms with Crippen LogP contribution in [0.1, 0.15) is 24.5 Å². The smallest absolute Gasteiger partial charge is 0.322 e. The highest BCUT2D eigenvalue weighted by molar-refractivity contribution is 6.30. The number of carboxylic acid groups (broad SMARTS) is 1. The van der Waals surface area contributed by atoms with E-state index >= 15 is 0 Å². The van der Waals surface area contributed by atoms with Crippen molar-refractivity contribution in [2.45, 2.75) is 18.8 Å². The topological polar surface area (TPSA) is 87.1 Å². The van der Waals surface area contributed by atoms with Crippen LogP contribution in [0.4, 0.5) is 17.5 Å². The minimum atomic E-state index is -0.954. The van der Waals surface area contributed by atoms with Crippen molar-refractivity contribution in [1.82, 2.24) is 9.97 Å². The zero-order valence-electron chi connectivity index (χ0n) is 11.7. The van der Waals surface area contributed by atoms with Crippen LogP contribution in [0.5, 0.6) is 0 Å². The molecule has 1 heterocycles. The van der Waals surface area contributed by atoms with Crippen molar-refractivity contribution in [2.24, 2.45) is 0 Å². The van der Waals surface area contributed by atoms with Gasteiger partial charge in [-0.25, -0.2) is 4.98 Å². The first-order valence-electron chi connectivity index (χ1n) is 6.97. The first-order chi connectivity index (χ1) is 10.6. The number of anilines is 3. The Morgan fingerprint density at radius 1 is 1.32 bits per heavy atom. The fraction of sp³-hybridized carbons (Fsp3) is 0.267. The second-order valence-electron chi connectivity index (χ2n) is 5.16. The number of aromatic nitrogens is 2. The van der Waals surface area contributed by atoms with Gasteiger partial charge < -0.3 is 15.7 Å². The van der Waals surface area contributed by atoms with Gasteiger partial charge >= 0.3 is 5.97 Å². The van der Waals surface area contributed by atoms with Crippen molar-refractivity contribution in [3.05, 3.63) is 41.0 Å². The van der Waals surface area contributed by atoms with Gasteiger partial charge in [0.05, 0.1) is 5.69 Å². The highest BCUT2D eigenvalue weighted by Crippen LogP contribution is 2.40. The molecule has 2 aromatic rings. The lowest BCUT2D eigenvalue weighted by atomic mass is 10.2. The maximum Gasteiger partial charge on any atom is 0.322 e. The van der Waals surface area contributed by atoms with Crippen molar-refractivity contribution >= 4 is 35.0 Å². The van der Waals surface area contributed by atoms with E-state index in [4.69, 9.17) is 16.7 Å². The van der Waals surface area contributed by atoms with E-state index in [0.29, 0.717) is 22.7 Å². The second-order valence-corrected chi connectivity index (χ2v) is 5.60. The van der Waals surface area contributed by atoms with Crippen molar-refractivity contribution < 1.29 is 9.90 Å². The van der Waals surface area contributed by atoms with Gasteiger partial charge in [-0.2, -0.15) is 4.98 Å². The average Bonchev–Trinajstić information content (AvgIpc) is 3.29. The molecule has 1 aromatic heterocycles. The molecule has 0 bridgehead atoms. The van der Waals surface area contributed by atoms with E-state index in [0.717, 1.165) is 24.2 Å². The minimum absolute atomic E-state index is 0.218. The first kappa shape index (κ1) is 14.6. The van der Waals surface area contributed by atoms with Crippen LogP contribution < -0.4 is 10.6 Å². The van der Waals surface area contributed by atoms with Crippen molar-refractivity contribution in [3.63, 3.8) is 0 Å². The van der Waals surface area contributed by atoms with Gasteiger partial charge in [0, 0.05) is 22.7 Å². The van der Waals surface area contributed by atoms with Gasteiger partial charge in [-0.1, -0.05) is 17.7 Å². The Bertz CT molecular complexity index is 704. The average molecular weight is 319 g/mol. The molecule has 1 fully saturated rings. The van der Waals surface area contributed by atoms with Crippen molar-refractivity contribution in [2.75, 3.05) is 17.2 Å². The molecular weight excluding hydrogens is 304 g/mol. The number of hydrogen-bond donors (Lipinski definition) is 3. The lowest BCUT2D eigenvalue weighted by Gasteiger charge is -2.10. The van der Waals surface area contributed by atoms with Crippen LogP contribution in [-0.4, -0.2) is 27.6 Å². The number of benzene rings is 1. The normalized spacial score (nSPS) is 13.7. The molecule has 0 aliphatic heterocycles.